The lowest BCUT2D eigenvalue weighted by Crippen LogP contribution is -2.47. The predicted octanol–water partition coefficient (Wildman–Crippen LogP) is 1.05. The number of furan rings is 1. The van der Waals surface area contributed by atoms with Gasteiger partial charge in [0.1, 0.15) is 11.3 Å². The molecule has 134 valence electrons. The number of methoxy groups -OCH3 is 1. The van der Waals surface area contributed by atoms with Gasteiger partial charge < -0.3 is 20.2 Å². The Kier molecular flexibility index (Phi) is 5.23. The topological polar surface area (TPSA) is 97.8 Å². The summed E-state index contributed by atoms with van der Waals surface area (Å²) in [4.78, 5) is 25.3. The molecular weight excluding hydrogens is 322 g/mol. The van der Waals surface area contributed by atoms with Gasteiger partial charge in [0, 0.05) is 36.1 Å². The Labute approximate surface area is 146 Å². The molecule has 0 atom stereocenters. The van der Waals surface area contributed by atoms with E-state index in [0.717, 1.165) is 42.6 Å². The second kappa shape index (κ2) is 7.57. The molecule has 1 aliphatic rings. The SMILES string of the molecule is COc1ccc2c(CC(=O)NC3CCN(CC(N)=O)CC3)coc2c1. The predicted molar refractivity (Wildman–Crippen MR) is 93.3 cm³/mol. The zero-order valence-corrected chi connectivity index (χ0v) is 14.3. The first-order valence-corrected chi connectivity index (χ1v) is 8.39. The minimum Gasteiger partial charge on any atom is -0.497 e. The van der Waals surface area contributed by atoms with Gasteiger partial charge >= 0.3 is 0 Å². The van der Waals surface area contributed by atoms with Crippen LogP contribution in [-0.2, 0) is 16.0 Å². The maximum atomic E-state index is 12.3. The van der Waals surface area contributed by atoms with Crippen LogP contribution in [0.1, 0.15) is 18.4 Å². The number of hydrogen-bond donors (Lipinski definition) is 2. The third kappa shape index (κ3) is 4.30. The molecule has 7 nitrogen and oxygen atoms in total. The highest BCUT2D eigenvalue weighted by molar-refractivity contribution is 5.88. The number of fused-ring (bicyclic) bond motifs is 1. The number of hydrogen-bond acceptors (Lipinski definition) is 5. The third-order valence-corrected chi connectivity index (χ3v) is 4.55. The minimum absolute atomic E-state index is 0.0214. The molecule has 0 radical (unpaired) electrons. The van der Waals surface area contributed by atoms with Crippen molar-refractivity contribution in [1.82, 2.24) is 10.2 Å². The molecule has 0 aliphatic carbocycles. The summed E-state index contributed by atoms with van der Waals surface area (Å²) in [6.45, 7) is 1.82. The summed E-state index contributed by atoms with van der Waals surface area (Å²) in [5.74, 6) is 0.387. The van der Waals surface area contributed by atoms with Crippen molar-refractivity contribution in [2.45, 2.75) is 25.3 Å². The quantitative estimate of drug-likeness (QED) is 0.815. The molecule has 2 amide bonds. The number of piperidine rings is 1. The van der Waals surface area contributed by atoms with Crippen LogP contribution in [0, 0.1) is 0 Å². The van der Waals surface area contributed by atoms with E-state index in [1.165, 1.54) is 0 Å². The zero-order chi connectivity index (χ0) is 17.8. The summed E-state index contributed by atoms with van der Waals surface area (Å²) in [6.07, 6.45) is 3.55. The third-order valence-electron chi connectivity index (χ3n) is 4.55. The summed E-state index contributed by atoms with van der Waals surface area (Å²) < 4.78 is 10.7. The fourth-order valence-electron chi connectivity index (χ4n) is 3.23. The molecule has 1 aliphatic heterocycles. The van der Waals surface area contributed by atoms with Gasteiger partial charge in [0.25, 0.3) is 0 Å². The van der Waals surface area contributed by atoms with E-state index in [-0.39, 0.29) is 30.8 Å². The molecule has 25 heavy (non-hydrogen) atoms. The fourth-order valence-corrected chi connectivity index (χ4v) is 3.23. The van der Waals surface area contributed by atoms with E-state index in [2.05, 4.69) is 5.32 Å². The van der Waals surface area contributed by atoms with Crippen molar-refractivity contribution in [2.75, 3.05) is 26.7 Å². The highest BCUT2D eigenvalue weighted by atomic mass is 16.5. The van der Waals surface area contributed by atoms with Crippen molar-refractivity contribution in [3.8, 4) is 5.75 Å². The number of benzene rings is 1. The Morgan fingerprint density at radius 2 is 2.12 bits per heavy atom. The molecule has 0 saturated carbocycles. The number of primary amides is 1. The van der Waals surface area contributed by atoms with Gasteiger partial charge in [-0.25, -0.2) is 0 Å². The van der Waals surface area contributed by atoms with Crippen LogP contribution in [0.25, 0.3) is 11.0 Å². The van der Waals surface area contributed by atoms with E-state index in [4.69, 9.17) is 14.9 Å². The lowest BCUT2D eigenvalue weighted by atomic mass is 10.0. The standard InChI is InChI=1S/C18H23N3O4/c1-24-14-2-3-15-12(11-25-16(15)9-14)8-18(23)20-13-4-6-21(7-5-13)10-17(19)22/h2-3,9,11,13H,4-8,10H2,1H3,(H2,19,22)(H,20,23). The molecular formula is C18H23N3O4. The minimum atomic E-state index is -0.314. The Morgan fingerprint density at radius 1 is 1.36 bits per heavy atom. The van der Waals surface area contributed by atoms with Gasteiger partial charge in [0.05, 0.1) is 26.3 Å². The monoisotopic (exact) mass is 345 g/mol. The van der Waals surface area contributed by atoms with Crippen LogP contribution >= 0.6 is 0 Å². The molecule has 0 bridgehead atoms. The number of amides is 2. The normalized spacial score (nSPS) is 16.0. The maximum Gasteiger partial charge on any atom is 0.231 e. The van der Waals surface area contributed by atoms with E-state index in [1.807, 2.05) is 23.1 Å². The van der Waals surface area contributed by atoms with Crippen LogP contribution in [0.15, 0.2) is 28.9 Å². The molecule has 0 unspecified atom stereocenters. The van der Waals surface area contributed by atoms with E-state index < -0.39 is 0 Å². The van der Waals surface area contributed by atoms with E-state index in [0.29, 0.717) is 5.58 Å². The molecule has 7 heteroatoms. The first kappa shape index (κ1) is 17.3. The molecule has 1 aromatic heterocycles. The molecule has 0 spiro atoms. The van der Waals surface area contributed by atoms with E-state index in [1.54, 1.807) is 13.4 Å². The number of likely N-dealkylation sites (tertiary alicyclic amines) is 1. The van der Waals surface area contributed by atoms with Gasteiger partial charge in [-0.3, -0.25) is 14.5 Å². The van der Waals surface area contributed by atoms with Crippen LogP contribution in [0.2, 0.25) is 0 Å². The van der Waals surface area contributed by atoms with Crippen molar-refractivity contribution >= 4 is 22.8 Å². The van der Waals surface area contributed by atoms with Gasteiger partial charge in [-0.2, -0.15) is 0 Å². The first-order valence-electron chi connectivity index (χ1n) is 8.39. The van der Waals surface area contributed by atoms with Crippen LogP contribution in [0.4, 0.5) is 0 Å². The summed E-state index contributed by atoms with van der Waals surface area (Å²) in [6, 6.07) is 5.71. The Bertz CT molecular complexity index is 763. The Morgan fingerprint density at radius 3 is 2.80 bits per heavy atom. The number of rotatable bonds is 6. The molecule has 3 N–H and O–H groups in total. The van der Waals surface area contributed by atoms with E-state index >= 15 is 0 Å². The van der Waals surface area contributed by atoms with Crippen LogP contribution < -0.4 is 15.8 Å². The molecule has 2 heterocycles. The van der Waals surface area contributed by atoms with Crippen LogP contribution in [-0.4, -0.2) is 49.5 Å². The largest absolute Gasteiger partial charge is 0.497 e. The Balaban J connectivity index is 1.54. The maximum absolute atomic E-state index is 12.3. The second-order valence-corrected chi connectivity index (χ2v) is 6.38. The van der Waals surface area contributed by atoms with Gasteiger partial charge in [-0.1, -0.05) is 0 Å². The number of carbonyl (C=O) groups is 2. The summed E-state index contributed by atoms with van der Waals surface area (Å²) in [5, 5.41) is 3.99. The number of nitrogens with two attached hydrogens (primary N) is 1. The first-order chi connectivity index (χ1) is 12.0. The number of carbonyl (C=O) groups excluding carboxylic acids is 2. The molecule has 2 aromatic rings. The van der Waals surface area contributed by atoms with Gasteiger partial charge in [0.15, 0.2) is 0 Å². The van der Waals surface area contributed by atoms with Crippen molar-refractivity contribution in [3.63, 3.8) is 0 Å². The molecule has 3 rings (SSSR count). The Hall–Kier alpha value is -2.54. The van der Waals surface area contributed by atoms with Gasteiger partial charge in [0.2, 0.25) is 11.8 Å². The fraction of sp³-hybridized carbons (Fsp3) is 0.444. The van der Waals surface area contributed by atoms with Crippen molar-refractivity contribution in [1.29, 1.82) is 0 Å². The molecule has 1 fully saturated rings. The molecule has 1 saturated heterocycles. The van der Waals surface area contributed by atoms with Crippen LogP contribution in [0.3, 0.4) is 0 Å². The summed E-state index contributed by atoms with van der Waals surface area (Å²) >= 11 is 0. The number of nitrogens with zero attached hydrogens (tertiary/aromatic N) is 1. The van der Waals surface area contributed by atoms with Crippen molar-refractivity contribution < 1.29 is 18.7 Å². The zero-order valence-electron chi connectivity index (χ0n) is 14.3. The van der Waals surface area contributed by atoms with Crippen LogP contribution in [0.5, 0.6) is 5.75 Å². The smallest absolute Gasteiger partial charge is 0.231 e. The highest BCUT2D eigenvalue weighted by Crippen LogP contribution is 2.26. The molecule has 1 aromatic carbocycles. The van der Waals surface area contributed by atoms with Gasteiger partial charge in [-0.15, -0.1) is 0 Å². The lowest BCUT2D eigenvalue weighted by molar-refractivity contribution is -0.122. The van der Waals surface area contributed by atoms with Gasteiger partial charge in [-0.05, 0) is 25.0 Å². The summed E-state index contributed by atoms with van der Waals surface area (Å²) in [5.41, 5.74) is 6.78. The van der Waals surface area contributed by atoms with E-state index in [9.17, 15) is 9.59 Å². The number of ether oxygens (including phenoxy) is 1. The average Bonchev–Trinajstić information content (AvgIpc) is 2.98. The van der Waals surface area contributed by atoms with Crippen molar-refractivity contribution in [3.05, 3.63) is 30.0 Å². The lowest BCUT2D eigenvalue weighted by Gasteiger charge is -2.31. The second-order valence-electron chi connectivity index (χ2n) is 6.38. The average molecular weight is 345 g/mol. The number of nitrogens with one attached hydrogen (secondary N) is 1. The highest BCUT2D eigenvalue weighted by Gasteiger charge is 2.22. The van der Waals surface area contributed by atoms with Crippen molar-refractivity contribution in [2.24, 2.45) is 5.73 Å². The summed E-state index contributed by atoms with van der Waals surface area (Å²) in [7, 11) is 1.60.